The lowest BCUT2D eigenvalue weighted by Crippen LogP contribution is -2.39. The average molecular weight is 574 g/mol. The number of carbonyl (C=O) groups excluding carboxylic acids is 1. The zero-order valence-electron chi connectivity index (χ0n) is 17.5. The number of aromatic nitrogens is 1. The zero-order valence-corrected chi connectivity index (χ0v) is 21.3. The molecular formula is C22H25ClIN3O3S. The maximum atomic E-state index is 13.5. The molecule has 0 bridgehead atoms. The van der Waals surface area contributed by atoms with E-state index in [2.05, 4.69) is 41.3 Å². The Morgan fingerprint density at radius 3 is 2.45 bits per heavy atom. The van der Waals surface area contributed by atoms with Gasteiger partial charge in [0.2, 0.25) is 0 Å². The number of anilines is 1. The second-order valence-electron chi connectivity index (χ2n) is 6.92. The molecule has 0 saturated carbocycles. The van der Waals surface area contributed by atoms with Crippen LogP contribution in [0.3, 0.4) is 0 Å². The van der Waals surface area contributed by atoms with Crippen LogP contribution in [0.4, 0.5) is 5.13 Å². The molecule has 1 amide bonds. The molecule has 2 heterocycles. The first-order valence-electron chi connectivity index (χ1n) is 10.1. The monoisotopic (exact) mass is 573 g/mol. The van der Waals surface area contributed by atoms with E-state index in [1.807, 2.05) is 36.4 Å². The molecule has 166 valence electrons. The first-order chi connectivity index (χ1) is 14.6. The molecule has 0 unspecified atom stereocenters. The maximum Gasteiger partial charge on any atom is 0.261 e. The molecule has 6 nitrogen and oxygen atoms in total. The highest BCUT2D eigenvalue weighted by Gasteiger charge is 2.24. The molecule has 0 spiro atoms. The number of thiazole rings is 1. The third kappa shape index (κ3) is 5.24. The summed E-state index contributed by atoms with van der Waals surface area (Å²) in [4.78, 5) is 22.4. The van der Waals surface area contributed by atoms with Gasteiger partial charge in [0.25, 0.3) is 5.91 Å². The first-order valence-corrected chi connectivity index (χ1v) is 12.0. The van der Waals surface area contributed by atoms with Gasteiger partial charge in [-0.3, -0.25) is 9.69 Å². The Kier molecular flexibility index (Phi) is 8.37. The summed E-state index contributed by atoms with van der Waals surface area (Å²) in [5.74, 6) is 1.43. The standard InChI is InChI=1S/C22H24IN3O3S.ClH/c1-3-25(4-2)9-10-26(21(27)15-7-5-6-8-16(15)23)22-24-17-13-18-19(14-20(17)30-22)29-12-11-28-18;/h5-8,13-14H,3-4,9-12H2,1-2H3;1H. The molecule has 3 aromatic rings. The summed E-state index contributed by atoms with van der Waals surface area (Å²) in [6.07, 6.45) is 0. The number of likely N-dealkylation sites (N-methyl/N-ethyl adjacent to an activating group) is 1. The third-order valence-corrected chi connectivity index (χ3v) is 7.14. The van der Waals surface area contributed by atoms with Crippen LogP contribution in [0, 0.1) is 3.57 Å². The number of benzene rings is 2. The quantitative estimate of drug-likeness (QED) is 0.369. The van der Waals surface area contributed by atoms with E-state index >= 15 is 0 Å². The molecular weight excluding hydrogens is 549 g/mol. The first kappa shape index (κ1) is 24.0. The number of nitrogens with zero attached hydrogens (tertiary/aromatic N) is 3. The number of fused-ring (bicyclic) bond motifs is 2. The summed E-state index contributed by atoms with van der Waals surface area (Å²) < 4.78 is 13.3. The Labute approximate surface area is 206 Å². The highest BCUT2D eigenvalue weighted by molar-refractivity contribution is 14.1. The Balaban J connectivity index is 0.00000272. The van der Waals surface area contributed by atoms with Crippen molar-refractivity contribution in [3.63, 3.8) is 0 Å². The topological polar surface area (TPSA) is 54.9 Å². The van der Waals surface area contributed by atoms with E-state index < -0.39 is 0 Å². The third-order valence-electron chi connectivity index (χ3n) is 5.16. The Bertz CT molecular complexity index is 1010. The van der Waals surface area contributed by atoms with Gasteiger partial charge in [0, 0.05) is 28.8 Å². The molecule has 1 aliphatic heterocycles. The molecule has 0 saturated heterocycles. The SMILES string of the molecule is CCN(CC)CCN(C(=O)c1ccccc1I)c1nc2cc3c(cc2s1)OCCO3.Cl. The van der Waals surface area contributed by atoms with Crippen LogP contribution in [0.1, 0.15) is 24.2 Å². The minimum atomic E-state index is -0.0246. The lowest BCUT2D eigenvalue weighted by atomic mass is 10.2. The second-order valence-corrected chi connectivity index (χ2v) is 9.09. The fourth-order valence-corrected chi connectivity index (χ4v) is 5.03. The summed E-state index contributed by atoms with van der Waals surface area (Å²) in [5.41, 5.74) is 1.52. The van der Waals surface area contributed by atoms with Crippen molar-refractivity contribution in [3.8, 4) is 11.5 Å². The van der Waals surface area contributed by atoms with Crippen molar-refractivity contribution < 1.29 is 14.3 Å². The fourth-order valence-electron chi connectivity index (χ4n) is 3.41. The Hall–Kier alpha value is -1.62. The number of halogens is 2. The van der Waals surface area contributed by atoms with Crippen LogP contribution in [0.5, 0.6) is 11.5 Å². The summed E-state index contributed by atoms with van der Waals surface area (Å²) in [5, 5.41) is 0.698. The average Bonchev–Trinajstić information content (AvgIpc) is 3.17. The number of hydrogen-bond donors (Lipinski definition) is 0. The zero-order chi connectivity index (χ0) is 21.1. The van der Waals surface area contributed by atoms with E-state index in [1.54, 1.807) is 4.90 Å². The number of carbonyl (C=O) groups is 1. The lowest BCUT2D eigenvalue weighted by Gasteiger charge is -2.25. The number of amides is 1. The fraction of sp³-hybridized carbons (Fsp3) is 0.364. The van der Waals surface area contributed by atoms with Gasteiger partial charge >= 0.3 is 0 Å². The molecule has 0 fully saturated rings. The van der Waals surface area contributed by atoms with Gasteiger partial charge in [-0.2, -0.15) is 0 Å². The molecule has 0 aliphatic carbocycles. The van der Waals surface area contributed by atoms with Crippen LogP contribution in [-0.2, 0) is 0 Å². The molecule has 9 heteroatoms. The van der Waals surface area contributed by atoms with Gasteiger partial charge in [-0.25, -0.2) is 4.98 Å². The van der Waals surface area contributed by atoms with Crippen molar-refractivity contribution in [2.75, 3.05) is 44.3 Å². The van der Waals surface area contributed by atoms with Gasteiger partial charge in [0.1, 0.15) is 13.2 Å². The van der Waals surface area contributed by atoms with Crippen LogP contribution < -0.4 is 14.4 Å². The molecule has 0 atom stereocenters. The number of hydrogen-bond acceptors (Lipinski definition) is 6. The lowest BCUT2D eigenvalue weighted by molar-refractivity contribution is 0.0983. The van der Waals surface area contributed by atoms with Crippen LogP contribution in [0.25, 0.3) is 10.2 Å². The van der Waals surface area contributed by atoms with Crippen LogP contribution >= 0.6 is 46.3 Å². The van der Waals surface area contributed by atoms with Gasteiger partial charge in [0.05, 0.1) is 15.8 Å². The minimum Gasteiger partial charge on any atom is -0.486 e. The summed E-state index contributed by atoms with van der Waals surface area (Å²) in [6, 6.07) is 11.5. The molecule has 4 rings (SSSR count). The van der Waals surface area contributed by atoms with Crippen LogP contribution in [0.15, 0.2) is 36.4 Å². The van der Waals surface area contributed by atoms with Crippen molar-refractivity contribution in [1.29, 1.82) is 0 Å². The predicted octanol–water partition coefficient (Wildman–Crippen LogP) is 5.08. The largest absolute Gasteiger partial charge is 0.486 e. The van der Waals surface area contributed by atoms with Crippen molar-refractivity contribution in [2.24, 2.45) is 0 Å². The molecule has 31 heavy (non-hydrogen) atoms. The Morgan fingerprint density at radius 2 is 1.77 bits per heavy atom. The van der Waals surface area contributed by atoms with Gasteiger partial charge < -0.3 is 14.4 Å². The smallest absolute Gasteiger partial charge is 0.261 e. The van der Waals surface area contributed by atoms with E-state index in [1.165, 1.54) is 11.3 Å². The predicted molar refractivity (Wildman–Crippen MR) is 136 cm³/mol. The van der Waals surface area contributed by atoms with Gasteiger partial charge in [0.15, 0.2) is 16.6 Å². The van der Waals surface area contributed by atoms with Crippen molar-refractivity contribution >= 4 is 67.6 Å². The van der Waals surface area contributed by atoms with E-state index in [4.69, 9.17) is 14.5 Å². The van der Waals surface area contributed by atoms with Gasteiger partial charge in [-0.15, -0.1) is 12.4 Å². The molecule has 1 aliphatic rings. The summed E-state index contributed by atoms with van der Waals surface area (Å²) in [6.45, 7) is 8.63. The highest BCUT2D eigenvalue weighted by Crippen LogP contribution is 2.39. The summed E-state index contributed by atoms with van der Waals surface area (Å²) >= 11 is 3.73. The van der Waals surface area contributed by atoms with Crippen molar-refractivity contribution in [2.45, 2.75) is 13.8 Å². The van der Waals surface area contributed by atoms with E-state index in [0.29, 0.717) is 36.2 Å². The van der Waals surface area contributed by atoms with Crippen LogP contribution in [0.2, 0.25) is 0 Å². The van der Waals surface area contributed by atoms with E-state index in [9.17, 15) is 4.79 Å². The van der Waals surface area contributed by atoms with E-state index in [0.717, 1.165) is 39.2 Å². The molecule has 0 N–H and O–H groups in total. The van der Waals surface area contributed by atoms with E-state index in [-0.39, 0.29) is 18.3 Å². The maximum absolute atomic E-state index is 13.5. The Morgan fingerprint density at radius 1 is 1.10 bits per heavy atom. The van der Waals surface area contributed by atoms with Crippen molar-refractivity contribution in [3.05, 3.63) is 45.5 Å². The summed E-state index contributed by atoms with van der Waals surface area (Å²) in [7, 11) is 0. The van der Waals surface area contributed by atoms with Gasteiger partial charge in [-0.1, -0.05) is 37.3 Å². The molecule has 1 aromatic heterocycles. The molecule has 0 radical (unpaired) electrons. The number of ether oxygens (including phenoxy) is 2. The molecule has 2 aromatic carbocycles. The van der Waals surface area contributed by atoms with Crippen molar-refractivity contribution in [1.82, 2.24) is 9.88 Å². The van der Waals surface area contributed by atoms with Crippen LogP contribution in [-0.4, -0.2) is 55.2 Å². The minimum absolute atomic E-state index is 0. The highest BCUT2D eigenvalue weighted by atomic mass is 127. The number of rotatable bonds is 7. The second kappa shape index (κ2) is 10.8. The van der Waals surface area contributed by atoms with Gasteiger partial charge in [-0.05, 0) is 47.8 Å². The normalized spacial score (nSPS) is 12.6.